The van der Waals surface area contributed by atoms with Gasteiger partial charge in [-0.3, -0.25) is 4.79 Å². The number of para-hydroxylation sites is 2. The van der Waals surface area contributed by atoms with Gasteiger partial charge in [0, 0.05) is 48.3 Å². The second kappa shape index (κ2) is 13.3. The van der Waals surface area contributed by atoms with E-state index in [-0.39, 0.29) is 18.5 Å². The molecule has 0 spiro atoms. The van der Waals surface area contributed by atoms with Gasteiger partial charge in [-0.05, 0) is 58.6 Å². The lowest BCUT2D eigenvalue weighted by Crippen LogP contribution is -2.46. The first kappa shape index (κ1) is 27.4. The zero-order chi connectivity index (χ0) is 26.9. The highest BCUT2D eigenvalue weighted by Gasteiger charge is 2.22. The zero-order valence-electron chi connectivity index (χ0n) is 21.7. The Bertz CT molecular complexity index is 1370. The van der Waals surface area contributed by atoms with Gasteiger partial charge in [0.1, 0.15) is 6.54 Å². The van der Waals surface area contributed by atoms with Crippen LogP contribution in [0.3, 0.4) is 0 Å². The van der Waals surface area contributed by atoms with Gasteiger partial charge in [0.2, 0.25) is 5.91 Å². The molecule has 2 N–H and O–H groups in total. The highest BCUT2D eigenvalue weighted by Crippen LogP contribution is 2.22. The third-order valence-electron chi connectivity index (χ3n) is 6.47. The van der Waals surface area contributed by atoms with E-state index in [9.17, 15) is 9.59 Å². The van der Waals surface area contributed by atoms with E-state index in [2.05, 4.69) is 32.3 Å². The third-order valence-corrected chi connectivity index (χ3v) is 7.16. The summed E-state index contributed by atoms with van der Waals surface area (Å²) >= 11 is 3.46. The molecule has 0 radical (unpaired) electrons. The molecular formula is C30H33BrN4O3. The van der Waals surface area contributed by atoms with Crippen LogP contribution in [-0.2, 0) is 22.5 Å². The lowest BCUT2D eigenvalue weighted by Gasteiger charge is -2.28. The molecule has 0 aliphatic rings. The SMILES string of the molecule is COCCN(CC(=O)N(CCc1c[nH]c2ccccc12)Cc1ccc(C)cc1)C(=O)Nc1ccccc1Br. The second-order valence-corrected chi connectivity index (χ2v) is 10.1. The highest BCUT2D eigenvalue weighted by molar-refractivity contribution is 9.10. The van der Waals surface area contributed by atoms with Crippen molar-refractivity contribution in [3.63, 3.8) is 0 Å². The summed E-state index contributed by atoms with van der Waals surface area (Å²) in [5.74, 6) is -0.121. The molecule has 0 saturated carbocycles. The standard InChI is InChI=1S/C30H33BrN4O3/c1-22-11-13-23(14-12-22)20-34(16-15-24-19-32-27-9-5-3-7-25(24)27)29(36)21-35(17-18-38-2)30(37)33-28-10-6-4-8-26(28)31/h3-14,19,32H,15-18,20-21H2,1-2H3,(H,33,37). The Kier molecular flexibility index (Phi) is 9.56. The summed E-state index contributed by atoms with van der Waals surface area (Å²) in [6, 6.07) is 23.4. The molecule has 38 heavy (non-hydrogen) atoms. The number of anilines is 1. The van der Waals surface area contributed by atoms with Crippen LogP contribution in [0.4, 0.5) is 10.5 Å². The van der Waals surface area contributed by atoms with Gasteiger partial charge in [-0.15, -0.1) is 0 Å². The number of H-pyrrole nitrogens is 1. The number of amides is 3. The molecule has 3 amide bonds. The molecule has 4 aromatic rings. The number of benzene rings is 3. The van der Waals surface area contributed by atoms with Gasteiger partial charge < -0.3 is 24.8 Å². The predicted octanol–water partition coefficient (Wildman–Crippen LogP) is 5.99. The lowest BCUT2D eigenvalue weighted by molar-refractivity contribution is -0.132. The summed E-state index contributed by atoms with van der Waals surface area (Å²) in [6.45, 7) is 3.59. The Labute approximate surface area is 231 Å². The van der Waals surface area contributed by atoms with Crippen molar-refractivity contribution in [2.75, 3.05) is 38.7 Å². The summed E-state index contributed by atoms with van der Waals surface area (Å²) in [5, 5.41) is 4.06. The molecule has 8 heteroatoms. The Morgan fingerprint density at radius 1 is 0.947 bits per heavy atom. The number of ether oxygens (including phenoxy) is 1. The Morgan fingerprint density at radius 2 is 1.68 bits per heavy atom. The maximum Gasteiger partial charge on any atom is 0.322 e. The number of methoxy groups -OCH3 is 1. The minimum atomic E-state index is -0.353. The first-order valence-corrected chi connectivity index (χ1v) is 13.4. The van der Waals surface area contributed by atoms with Gasteiger partial charge >= 0.3 is 6.03 Å². The number of nitrogens with one attached hydrogen (secondary N) is 2. The number of fused-ring (bicyclic) bond motifs is 1. The quantitative estimate of drug-likeness (QED) is 0.230. The smallest absolute Gasteiger partial charge is 0.322 e. The molecule has 0 saturated heterocycles. The van der Waals surface area contributed by atoms with E-state index in [0.717, 1.165) is 26.5 Å². The van der Waals surface area contributed by atoms with Crippen LogP contribution in [0.5, 0.6) is 0 Å². The number of nitrogens with zero attached hydrogens (tertiary/aromatic N) is 2. The zero-order valence-corrected chi connectivity index (χ0v) is 23.3. The van der Waals surface area contributed by atoms with Crippen LogP contribution in [0.15, 0.2) is 83.5 Å². The van der Waals surface area contributed by atoms with Gasteiger partial charge in [-0.25, -0.2) is 4.79 Å². The number of aromatic amines is 1. The number of aryl methyl sites for hydroxylation is 1. The highest BCUT2D eigenvalue weighted by atomic mass is 79.9. The van der Waals surface area contributed by atoms with E-state index < -0.39 is 0 Å². The van der Waals surface area contributed by atoms with Crippen molar-refractivity contribution in [3.05, 3.63) is 100 Å². The van der Waals surface area contributed by atoms with E-state index in [4.69, 9.17) is 4.74 Å². The van der Waals surface area contributed by atoms with Gasteiger partial charge in [0.05, 0.1) is 12.3 Å². The Hall–Kier alpha value is -3.62. The average molecular weight is 578 g/mol. The molecule has 0 atom stereocenters. The number of aromatic nitrogens is 1. The fourth-order valence-electron chi connectivity index (χ4n) is 4.27. The van der Waals surface area contributed by atoms with Crippen molar-refractivity contribution in [1.82, 2.24) is 14.8 Å². The summed E-state index contributed by atoms with van der Waals surface area (Å²) in [5.41, 5.74) is 5.09. The molecule has 198 valence electrons. The summed E-state index contributed by atoms with van der Waals surface area (Å²) in [7, 11) is 1.58. The topological polar surface area (TPSA) is 77.7 Å². The van der Waals surface area contributed by atoms with Crippen LogP contribution >= 0.6 is 15.9 Å². The minimum absolute atomic E-state index is 0.0562. The van der Waals surface area contributed by atoms with E-state index >= 15 is 0 Å². The van der Waals surface area contributed by atoms with Crippen LogP contribution in [0, 0.1) is 6.92 Å². The molecule has 1 aromatic heterocycles. The van der Waals surface area contributed by atoms with Gasteiger partial charge in [0.15, 0.2) is 0 Å². The van der Waals surface area contributed by atoms with Crippen LogP contribution in [0.1, 0.15) is 16.7 Å². The molecule has 0 aliphatic heterocycles. The number of hydrogen-bond acceptors (Lipinski definition) is 3. The molecule has 0 bridgehead atoms. The van der Waals surface area contributed by atoms with Crippen molar-refractivity contribution in [2.45, 2.75) is 19.9 Å². The molecule has 0 unspecified atom stereocenters. The molecule has 0 fully saturated rings. The normalized spacial score (nSPS) is 10.9. The number of carbonyl (C=O) groups is 2. The Morgan fingerprint density at radius 3 is 2.45 bits per heavy atom. The van der Waals surface area contributed by atoms with E-state index in [0.29, 0.717) is 38.3 Å². The predicted molar refractivity (Wildman–Crippen MR) is 155 cm³/mol. The third kappa shape index (κ3) is 7.24. The molecule has 7 nitrogen and oxygen atoms in total. The average Bonchev–Trinajstić information content (AvgIpc) is 3.34. The first-order valence-electron chi connectivity index (χ1n) is 12.6. The molecule has 1 heterocycles. The Balaban J connectivity index is 1.51. The van der Waals surface area contributed by atoms with E-state index in [1.807, 2.05) is 84.8 Å². The van der Waals surface area contributed by atoms with Crippen molar-refractivity contribution < 1.29 is 14.3 Å². The number of rotatable bonds is 11. The van der Waals surface area contributed by atoms with Crippen molar-refractivity contribution in [1.29, 1.82) is 0 Å². The van der Waals surface area contributed by atoms with Gasteiger partial charge in [0.25, 0.3) is 0 Å². The molecule has 0 aliphatic carbocycles. The van der Waals surface area contributed by atoms with Crippen molar-refractivity contribution in [2.24, 2.45) is 0 Å². The van der Waals surface area contributed by atoms with Crippen molar-refractivity contribution >= 4 is 44.5 Å². The number of hydrogen-bond donors (Lipinski definition) is 2. The fraction of sp³-hybridized carbons (Fsp3) is 0.267. The molecule has 3 aromatic carbocycles. The summed E-state index contributed by atoms with van der Waals surface area (Å²) in [4.78, 5) is 33.5. The maximum absolute atomic E-state index is 13.7. The van der Waals surface area contributed by atoms with Crippen LogP contribution < -0.4 is 5.32 Å². The fourth-order valence-corrected chi connectivity index (χ4v) is 4.66. The second-order valence-electron chi connectivity index (χ2n) is 9.23. The number of urea groups is 1. The number of carbonyl (C=O) groups excluding carboxylic acids is 2. The van der Waals surface area contributed by atoms with Crippen LogP contribution in [0.25, 0.3) is 10.9 Å². The summed E-state index contributed by atoms with van der Waals surface area (Å²) in [6.07, 6.45) is 2.71. The minimum Gasteiger partial charge on any atom is -0.383 e. The molecular weight excluding hydrogens is 544 g/mol. The van der Waals surface area contributed by atoms with E-state index in [1.54, 1.807) is 7.11 Å². The van der Waals surface area contributed by atoms with E-state index in [1.165, 1.54) is 10.5 Å². The van der Waals surface area contributed by atoms with Crippen LogP contribution in [0.2, 0.25) is 0 Å². The number of halogens is 1. The lowest BCUT2D eigenvalue weighted by atomic mass is 10.1. The monoisotopic (exact) mass is 576 g/mol. The van der Waals surface area contributed by atoms with Crippen LogP contribution in [-0.4, -0.2) is 60.1 Å². The van der Waals surface area contributed by atoms with Gasteiger partial charge in [-0.1, -0.05) is 60.2 Å². The van der Waals surface area contributed by atoms with Gasteiger partial charge in [-0.2, -0.15) is 0 Å². The van der Waals surface area contributed by atoms with Crippen molar-refractivity contribution in [3.8, 4) is 0 Å². The first-order chi connectivity index (χ1) is 18.4. The molecule has 4 rings (SSSR count). The summed E-state index contributed by atoms with van der Waals surface area (Å²) < 4.78 is 5.99. The maximum atomic E-state index is 13.7. The largest absolute Gasteiger partial charge is 0.383 e.